The van der Waals surface area contributed by atoms with Crippen LogP contribution < -0.4 is 5.46 Å². The number of benzene rings is 1. The van der Waals surface area contributed by atoms with Crippen molar-refractivity contribution in [2.45, 2.75) is 45.4 Å². The minimum atomic E-state index is -2.81. The molecule has 0 N–H and O–H groups in total. The maximum atomic E-state index is 14.6. The van der Waals surface area contributed by atoms with Gasteiger partial charge in [0.2, 0.25) is 0 Å². The van der Waals surface area contributed by atoms with E-state index in [1.807, 2.05) is 27.7 Å². The largest absolute Gasteiger partial charge is 0.497 e. The topological polar surface area (TPSA) is 36.3 Å². The molecule has 1 aromatic carbocycles. The molecule has 2 heterocycles. The summed E-state index contributed by atoms with van der Waals surface area (Å²) >= 11 is 0. The molecule has 118 valence electrons. The maximum absolute atomic E-state index is 14.6. The van der Waals surface area contributed by atoms with Crippen LogP contribution in [0.4, 0.5) is 13.2 Å². The normalized spacial score (nSPS) is 20.3. The molecule has 8 heteroatoms. The van der Waals surface area contributed by atoms with Gasteiger partial charge in [-0.15, -0.1) is 0 Å². The van der Waals surface area contributed by atoms with Crippen molar-refractivity contribution in [2.24, 2.45) is 0 Å². The van der Waals surface area contributed by atoms with Gasteiger partial charge in [-0.1, -0.05) is 6.07 Å². The van der Waals surface area contributed by atoms with Crippen LogP contribution in [0.25, 0.3) is 10.9 Å². The van der Waals surface area contributed by atoms with E-state index in [4.69, 9.17) is 9.31 Å². The van der Waals surface area contributed by atoms with Crippen LogP contribution in [0.5, 0.6) is 0 Å². The number of hydrogen-bond donors (Lipinski definition) is 0. The first kappa shape index (κ1) is 15.4. The highest BCUT2D eigenvalue weighted by molar-refractivity contribution is 6.62. The molecule has 0 aliphatic carbocycles. The summed E-state index contributed by atoms with van der Waals surface area (Å²) < 4.78 is 52.0. The molecule has 2 aromatic rings. The fraction of sp³-hybridized carbons (Fsp3) is 0.500. The predicted octanol–water partition coefficient (Wildman–Crippen LogP) is 2.87. The van der Waals surface area contributed by atoms with Gasteiger partial charge in [-0.2, -0.15) is 13.9 Å². The Balaban J connectivity index is 2.04. The van der Waals surface area contributed by atoms with Crippen molar-refractivity contribution in [3.05, 3.63) is 24.1 Å². The van der Waals surface area contributed by atoms with Crippen molar-refractivity contribution >= 4 is 23.5 Å². The molecular formula is C14H16BF3N2O2. The van der Waals surface area contributed by atoms with Gasteiger partial charge in [0.25, 0.3) is 0 Å². The van der Waals surface area contributed by atoms with Gasteiger partial charge in [0.15, 0.2) is 0 Å². The van der Waals surface area contributed by atoms with Crippen molar-refractivity contribution in [3.8, 4) is 0 Å². The zero-order valence-electron chi connectivity index (χ0n) is 12.7. The molecule has 0 radical (unpaired) electrons. The molecule has 0 bridgehead atoms. The fourth-order valence-electron chi connectivity index (χ4n) is 2.35. The molecule has 0 atom stereocenters. The quantitative estimate of drug-likeness (QED) is 0.800. The van der Waals surface area contributed by atoms with E-state index in [-0.39, 0.29) is 16.4 Å². The van der Waals surface area contributed by atoms with Crippen LogP contribution in [0, 0.1) is 5.82 Å². The van der Waals surface area contributed by atoms with E-state index in [2.05, 4.69) is 5.10 Å². The van der Waals surface area contributed by atoms with Crippen LogP contribution >= 0.6 is 0 Å². The Morgan fingerprint density at radius 1 is 1.14 bits per heavy atom. The SMILES string of the molecule is CC1(C)OB(c2ccc3nn(C(F)F)cc3c2F)OC1(C)C. The van der Waals surface area contributed by atoms with E-state index in [9.17, 15) is 13.2 Å². The van der Waals surface area contributed by atoms with Gasteiger partial charge in [-0.25, -0.2) is 9.07 Å². The van der Waals surface area contributed by atoms with Crippen molar-refractivity contribution in [1.82, 2.24) is 9.78 Å². The summed E-state index contributed by atoms with van der Waals surface area (Å²) in [5.41, 5.74) is -0.864. The minimum Gasteiger partial charge on any atom is -0.399 e. The van der Waals surface area contributed by atoms with Gasteiger partial charge in [-0.3, -0.25) is 0 Å². The number of aromatic nitrogens is 2. The lowest BCUT2D eigenvalue weighted by molar-refractivity contribution is 0.00578. The minimum absolute atomic E-state index is 0.0208. The second kappa shape index (κ2) is 4.73. The van der Waals surface area contributed by atoms with E-state index < -0.39 is 30.7 Å². The molecule has 4 nitrogen and oxygen atoms in total. The van der Waals surface area contributed by atoms with Gasteiger partial charge in [0.05, 0.1) is 22.1 Å². The summed E-state index contributed by atoms with van der Waals surface area (Å²) in [5, 5.41) is 3.66. The van der Waals surface area contributed by atoms with Gasteiger partial charge in [0, 0.05) is 11.7 Å². The Bertz CT molecular complexity index is 714. The molecule has 0 amide bonds. The molecule has 1 aromatic heterocycles. The van der Waals surface area contributed by atoms with E-state index in [0.717, 1.165) is 6.20 Å². The lowest BCUT2D eigenvalue weighted by Gasteiger charge is -2.32. The third kappa shape index (κ3) is 2.21. The molecule has 0 saturated carbocycles. The van der Waals surface area contributed by atoms with Crippen LogP contribution in [0.3, 0.4) is 0 Å². The molecule has 1 saturated heterocycles. The van der Waals surface area contributed by atoms with Crippen molar-refractivity contribution in [3.63, 3.8) is 0 Å². The van der Waals surface area contributed by atoms with Gasteiger partial charge >= 0.3 is 13.7 Å². The molecule has 0 unspecified atom stereocenters. The Morgan fingerprint density at radius 3 is 2.27 bits per heavy atom. The second-order valence-corrected chi connectivity index (χ2v) is 6.38. The number of nitrogens with zero attached hydrogens (tertiary/aromatic N) is 2. The maximum Gasteiger partial charge on any atom is 0.497 e. The lowest BCUT2D eigenvalue weighted by atomic mass is 9.78. The summed E-state index contributed by atoms with van der Waals surface area (Å²) in [7, 11) is -0.885. The molecule has 0 spiro atoms. The summed E-state index contributed by atoms with van der Waals surface area (Å²) in [6, 6.07) is 2.94. The number of halogens is 3. The van der Waals surface area contributed by atoms with Crippen LogP contribution in [0.2, 0.25) is 0 Å². The Hall–Kier alpha value is -1.54. The third-order valence-corrected chi connectivity index (χ3v) is 4.38. The standard InChI is InChI=1S/C14H16BF3N2O2/c1-13(2)14(3,4)22-15(21-13)9-5-6-10-8(11(9)16)7-20(19-10)12(17)18/h5-7,12H,1-4H3. The summed E-state index contributed by atoms with van der Waals surface area (Å²) in [4.78, 5) is 0. The zero-order chi connectivity index (χ0) is 16.3. The molecule has 22 heavy (non-hydrogen) atoms. The first-order valence-corrected chi connectivity index (χ1v) is 6.93. The van der Waals surface area contributed by atoms with E-state index in [1.165, 1.54) is 12.1 Å². The van der Waals surface area contributed by atoms with Crippen LogP contribution in [-0.4, -0.2) is 28.1 Å². The average Bonchev–Trinajstić information content (AvgIpc) is 2.90. The Labute approximate surface area is 126 Å². The van der Waals surface area contributed by atoms with Crippen molar-refractivity contribution < 1.29 is 22.5 Å². The summed E-state index contributed by atoms with van der Waals surface area (Å²) in [6.45, 7) is 4.62. The number of alkyl halides is 2. The number of fused-ring (bicyclic) bond motifs is 1. The molecule has 1 fully saturated rings. The van der Waals surface area contributed by atoms with Gasteiger partial charge < -0.3 is 9.31 Å². The Kier molecular flexibility index (Phi) is 3.30. The number of rotatable bonds is 2. The average molecular weight is 312 g/mol. The van der Waals surface area contributed by atoms with E-state index in [1.54, 1.807) is 0 Å². The van der Waals surface area contributed by atoms with Crippen LogP contribution in [-0.2, 0) is 9.31 Å². The summed E-state index contributed by atoms with van der Waals surface area (Å²) in [5.74, 6) is -0.650. The van der Waals surface area contributed by atoms with E-state index in [0.29, 0.717) is 4.68 Å². The smallest absolute Gasteiger partial charge is 0.399 e. The van der Waals surface area contributed by atoms with Crippen LogP contribution in [0.1, 0.15) is 34.2 Å². The molecule has 3 rings (SSSR count). The highest BCUT2D eigenvalue weighted by atomic mass is 19.3. The summed E-state index contributed by atoms with van der Waals surface area (Å²) in [6.07, 6.45) is 0.990. The van der Waals surface area contributed by atoms with E-state index >= 15 is 0 Å². The van der Waals surface area contributed by atoms with Gasteiger partial charge in [0.1, 0.15) is 5.82 Å². The molecular weight excluding hydrogens is 296 g/mol. The van der Waals surface area contributed by atoms with Crippen LogP contribution in [0.15, 0.2) is 18.3 Å². The highest BCUT2D eigenvalue weighted by Crippen LogP contribution is 2.37. The number of hydrogen-bond acceptors (Lipinski definition) is 3. The van der Waals surface area contributed by atoms with Crippen molar-refractivity contribution in [2.75, 3.05) is 0 Å². The monoisotopic (exact) mass is 312 g/mol. The second-order valence-electron chi connectivity index (χ2n) is 6.38. The third-order valence-electron chi connectivity index (χ3n) is 4.38. The Morgan fingerprint density at radius 2 is 1.73 bits per heavy atom. The fourth-order valence-corrected chi connectivity index (χ4v) is 2.35. The van der Waals surface area contributed by atoms with Crippen molar-refractivity contribution in [1.29, 1.82) is 0 Å². The molecule has 1 aliphatic rings. The highest BCUT2D eigenvalue weighted by Gasteiger charge is 2.52. The lowest BCUT2D eigenvalue weighted by Crippen LogP contribution is -2.41. The zero-order valence-corrected chi connectivity index (χ0v) is 12.7. The first-order valence-electron chi connectivity index (χ1n) is 6.93. The first-order chi connectivity index (χ1) is 10.1. The van der Waals surface area contributed by atoms with Gasteiger partial charge in [-0.05, 0) is 33.8 Å². The predicted molar refractivity (Wildman–Crippen MR) is 76.7 cm³/mol. The molecule has 1 aliphatic heterocycles.